The largest absolute Gasteiger partial charge is 0.279 e. The zero-order valence-corrected chi connectivity index (χ0v) is 23.5. The van der Waals surface area contributed by atoms with Gasteiger partial charge in [0, 0.05) is 31.1 Å². The molecule has 3 atom stereocenters. The Morgan fingerprint density at radius 3 is 2.50 bits per heavy atom. The van der Waals surface area contributed by atoms with Crippen LogP contribution in [0.25, 0.3) is 16.8 Å². The number of hydrogen-bond acceptors (Lipinski definition) is 7. The van der Waals surface area contributed by atoms with Crippen LogP contribution in [0.3, 0.4) is 0 Å². The molecule has 1 N–H and O–H groups in total. The Bertz CT molecular complexity index is 1800. The monoisotopic (exact) mass is 593 g/mol. The molecule has 1 aliphatic heterocycles. The minimum Gasteiger partial charge on any atom is -0.274 e. The molecule has 0 bridgehead atoms. The van der Waals surface area contributed by atoms with Crippen LogP contribution in [0.1, 0.15) is 49.9 Å². The van der Waals surface area contributed by atoms with E-state index in [0.29, 0.717) is 29.8 Å². The zero-order chi connectivity index (χ0) is 28.4. The molecule has 0 unspecified atom stereocenters. The Hall–Kier alpha value is -3.01. The second kappa shape index (κ2) is 9.53. The molecule has 11 nitrogen and oxygen atoms in total. The Morgan fingerprint density at radius 2 is 1.82 bits per heavy atom. The van der Waals surface area contributed by atoms with Gasteiger partial charge in [-0.15, -0.1) is 10.2 Å². The number of rotatable bonds is 7. The summed E-state index contributed by atoms with van der Waals surface area (Å²) in [5.41, 5.74) is 2.09. The molecule has 4 aromatic rings. The third-order valence-corrected chi connectivity index (χ3v) is 11.3. The van der Waals surface area contributed by atoms with E-state index in [4.69, 9.17) is 0 Å². The van der Waals surface area contributed by atoms with E-state index >= 15 is 0 Å². The van der Waals surface area contributed by atoms with Gasteiger partial charge in [-0.3, -0.25) is 4.40 Å². The smallest absolute Gasteiger partial charge is 0.274 e. The van der Waals surface area contributed by atoms with E-state index in [0.717, 1.165) is 20.3 Å². The van der Waals surface area contributed by atoms with E-state index in [-0.39, 0.29) is 28.9 Å². The number of hydrogen-bond donors (Lipinski definition) is 1. The average molecular weight is 594 g/mol. The first-order valence-corrected chi connectivity index (χ1v) is 16.0. The van der Waals surface area contributed by atoms with Crippen LogP contribution < -0.4 is 4.72 Å². The lowest BCUT2D eigenvalue weighted by atomic mass is 9.93. The second-order valence-electron chi connectivity index (χ2n) is 10.7. The molecular weight excluding hydrogens is 564 g/mol. The molecule has 15 heteroatoms. The molecule has 1 aliphatic carbocycles. The highest BCUT2D eigenvalue weighted by atomic mass is 32.2. The number of benzene rings is 1. The molecule has 6 rings (SSSR count). The van der Waals surface area contributed by atoms with Crippen molar-refractivity contribution in [3.63, 3.8) is 0 Å². The molecule has 1 saturated carbocycles. The number of halogens is 2. The molecule has 0 radical (unpaired) electrons. The van der Waals surface area contributed by atoms with Crippen LogP contribution in [0.4, 0.5) is 8.78 Å². The minimum atomic E-state index is -4.08. The SMILES string of the molecule is CC[C@@H]1C[C@H](NS(=O)(=O)N2CCC(F)(F)C2)C[C@@H]1c1nnc2cnc3c(ccn3S(=O)(=O)c3ccc(C)cc3)n12. The summed E-state index contributed by atoms with van der Waals surface area (Å²) < 4.78 is 86.3. The molecule has 214 valence electrons. The lowest BCUT2D eigenvalue weighted by molar-refractivity contribution is 0.0182. The van der Waals surface area contributed by atoms with Crippen molar-refractivity contribution < 1.29 is 25.6 Å². The Morgan fingerprint density at radius 1 is 1.07 bits per heavy atom. The summed E-state index contributed by atoms with van der Waals surface area (Å²) in [5.74, 6) is -2.60. The average Bonchev–Trinajstić information content (AvgIpc) is 3.67. The van der Waals surface area contributed by atoms with Gasteiger partial charge < -0.3 is 0 Å². The van der Waals surface area contributed by atoms with Gasteiger partial charge in [0.1, 0.15) is 5.82 Å². The summed E-state index contributed by atoms with van der Waals surface area (Å²) in [4.78, 5) is 4.51. The van der Waals surface area contributed by atoms with Crippen molar-refractivity contribution in [2.75, 3.05) is 13.1 Å². The number of nitrogens with zero attached hydrogens (tertiary/aromatic N) is 6. The molecule has 1 aromatic carbocycles. The van der Waals surface area contributed by atoms with Crippen molar-refractivity contribution >= 4 is 37.0 Å². The predicted molar refractivity (Wildman–Crippen MR) is 143 cm³/mol. The third-order valence-electron chi connectivity index (χ3n) is 7.98. The molecule has 0 amide bonds. The van der Waals surface area contributed by atoms with Crippen molar-refractivity contribution in [1.82, 2.24) is 32.6 Å². The number of fused-ring (bicyclic) bond motifs is 3. The number of nitrogens with one attached hydrogen (secondary N) is 1. The molecule has 1 saturated heterocycles. The van der Waals surface area contributed by atoms with Crippen LogP contribution in [0.15, 0.2) is 47.6 Å². The van der Waals surface area contributed by atoms with Crippen molar-refractivity contribution in [2.24, 2.45) is 5.92 Å². The number of aromatic nitrogens is 5. The normalized spacial score (nSPS) is 23.9. The lowest BCUT2D eigenvalue weighted by Crippen LogP contribution is -2.44. The molecule has 2 fully saturated rings. The number of alkyl halides is 2. The van der Waals surface area contributed by atoms with Crippen LogP contribution in [0.2, 0.25) is 0 Å². The van der Waals surface area contributed by atoms with Crippen molar-refractivity contribution in [3.8, 4) is 0 Å². The van der Waals surface area contributed by atoms with Gasteiger partial charge in [0.05, 0.1) is 23.2 Å². The van der Waals surface area contributed by atoms with E-state index in [1.54, 1.807) is 34.7 Å². The van der Waals surface area contributed by atoms with E-state index in [9.17, 15) is 25.6 Å². The quantitative estimate of drug-likeness (QED) is 0.348. The van der Waals surface area contributed by atoms with Gasteiger partial charge in [0.2, 0.25) is 0 Å². The van der Waals surface area contributed by atoms with E-state index in [1.807, 2.05) is 13.8 Å². The Kier molecular flexibility index (Phi) is 6.48. The fourth-order valence-corrected chi connectivity index (χ4v) is 8.64. The molecule has 40 heavy (non-hydrogen) atoms. The molecule has 3 aromatic heterocycles. The highest BCUT2D eigenvalue weighted by Gasteiger charge is 2.45. The van der Waals surface area contributed by atoms with Gasteiger partial charge in [-0.1, -0.05) is 31.0 Å². The summed E-state index contributed by atoms with van der Waals surface area (Å²) in [6.07, 6.45) is 4.06. The third kappa shape index (κ3) is 4.58. The van der Waals surface area contributed by atoms with Crippen LogP contribution >= 0.6 is 0 Å². The van der Waals surface area contributed by atoms with E-state index < -0.39 is 45.2 Å². The van der Waals surface area contributed by atoms with E-state index in [1.165, 1.54) is 12.4 Å². The fourth-order valence-electron chi connectivity index (χ4n) is 5.89. The lowest BCUT2D eigenvalue weighted by Gasteiger charge is -2.20. The van der Waals surface area contributed by atoms with Crippen LogP contribution in [0, 0.1) is 12.8 Å². The topological polar surface area (TPSA) is 132 Å². The number of aryl methyl sites for hydroxylation is 1. The predicted octanol–water partition coefficient (Wildman–Crippen LogP) is 3.07. The van der Waals surface area contributed by atoms with Crippen LogP contribution in [0.5, 0.6) is 0 Å². The standard InChI is InChI=1S/C25H29F2N7O4S2/c1-3-17-12-18(31-40(37,38)32-11-9-25(26,27)15-32)13-20(17)23-30-29-22-14-28-24-21(34(22)23)8-10-33(24)39(35,36)19-6-4-16(2)5-7-19/h4-8,10,14,17-18,20,31H,3,9,11-13,15H2,1-2H3/t17-,18+,20+/m1/s1. The highest BCUT2D eigenvalue weighted by Crippen LogP contribution is 2.42. The van der Waals surface area contributed by atoms with Gasteiger partial charge >= 0.3 is 0 Å². The maximum atomic E-state index is 13.7. The van der Waals surface area contributed by atoms with Gasteiger partial charge in [-0.05, 0) is 43.9 Å². The van der Waals surface area contributed by atoms with Gasteiger partial charge in [0.15, 0.2) is 11.3 Å². The first kappa shape index (κ1) is 27.2. The maximum absolute atomic E-state index is 13.7. The summed E-state index contributed by atoms with van der Waals surface area (Å²) in [6, 6.07) is 7.74. The van der Waals surface area contributed by atoms with Gasteiger partial charge in [0.25, 0.3) is 26.2 Å². The molecule has 4 heterocycles. The minimum absolute atomic E-state index is 0.0433. The first-order chi connectivity index (χ1) is 18.9. The van der Waals surface area contributed by atoms with Crippen LogP contribution in [-0.2, 0) is 20.2 Å². The van der Waals surface area contributed by atoms with Crippen molar-refractivity contribution in [1.29, 1.82) is 0 Å². The Balaban J connectivity index is 1.34. The second-order valence-corrected chi connectivity index (χ2v) is 14.2. The highest BCUT2D eigenvalue weighted by molar-refractivity contribution is 7.90. The fraction of sp³-hybridized carbons (Fsp3) is 0.480. The first-order valence-electron chi connectivity index (χ1n) is 13.1. The van der Waals surface area contributed by atoms with Crippen molar-refractivity contribution in [3.05, 3.63) is 54.1 Å². The Labute approximate surface area is 230 Å². The van der Waals surface area contributed by atoms with Gasteiger partial charge in [-0.25, -0.2) is 26.2 Å². The zero-order valence-electron chi connectivity index (χ0n) is 21.9. The van der Waals surface area contributed by atoms with Gasteiger partial charge in [-0.2, -0.15) is 17.4 Å². The van der Waals surface area contributed by atoms with Crippen molar-refractivity contribution in [2.45, 2.75) is 62.3 Å². The summed E-state index contributed by atoms with van der Waals surface area (Å²) in [6.45, 7) is 2.83. The molecular formula is C25H29F2N7O4S2. The maximum Gasteiger partial charge on any atom is 0.279 e. The summed E-state index contributed by atoms with van der Waals surface area (Å²) >= 11 is 0. The molecule has 2 aliphatic rings. The summed E-state index contributed by atoms with van der Waals surface area (Å²) in [5, 5.41) is 8.68. The van der Waals surface area contributed by atoms with Crippen LogP contribution in [-0.4, -0.2) is 69.7 Å². The van der Waals surface area contributed by atoms with E-state index in [2.05, 4.69) is 19.9 Å². The summed E-state index contributed by atoms with van der Waals surface area (Å²) in [7, 11) is -8.00. The molecule has 0 spiro atoms.